The topological polar surface area (TPSA) is 73.3 Å². The molecule has 0 fully saturated rings. The molecule has 0 saturated heterocycles. The molecule has 0 aliphatic heterocycles. The highest BCUT2D eigenvalue weighted by molar-refractivity contribution is 14.0. The first-order valence-corrected chi connectivity index (χ1v) is 9.07. The highest BCUT2D eigenvalue weighted by Gasteiger charge is 2.14. The molecule has 0 aliphatic rings. The van der Waals surface area contributed by atoms with Crippen LogP contribution in [-0.2, 0) is 11.3 Å². The Labute approximate surface area is 194 Å². The van der Waals surface area contributed by atoms with E-state index < -0.39 is 0 Å². The van der Waals surface area contributed by atoms with Gasteiger partial charge in [0.15, 0.2) is 17.5 Å². The second-order valence-electron chi connectivity index (χ2n) is 6.12. The third kappa shape index (κ3) is 6.91. The fourth-order valence-electron chi connectivity index (χ4n) is 2.85. The van der Waals surface area contributed by atoms with Crippen molar-refractivity contribution in [3.05, 3.63) is 53.3 Å². The van der Waals surface area contributed by atoms with Gasteiger partial charge in [0.25, 0.3) is 0 Å². The predicted octanol–water partition coefficient (Wildman–Crippen LogP) is 3.52. The maximum atomic E-state index is 13.1. The number of hydrogen-bond acceptors (Lipinski definition) is 5. The molecule has 0 aromatic heterocycles. The molecule has 0 spiro atoms. The monoisotopic (exact) mass is 533 g/mol. The lowest BCUT2D eigenvalue weighted by molar-refractivity contribution is 0.106. The number of nitrogens with one attached hydrogen (secondary N) is 2. The van der Waals surface area contributed by atoms with Crippen molar-refractivity contribution in [1.29, 1.82) is 0 Å². The molecule has 0 bridgehead atoms. The summed E-state index contributed by atoms with van der Waals surface area (Å²) in [5.41, 5.74) is 1.81. The maximum absolute atomic E-state index is 13.1. The summed E-state index contributed by atoms with van der Waals surface area (Å²) in [6, 6.07) is 9.99. The van der Waals surface area contributed by atoms with Crippen LogP contribution < -0.4 is 24.8 Å². The minimum atomic E-state index is -0.278. The molecular formula is C21H29FIN3O4. The van der Waals surface area contributed by atoms with Gasteiger partial charge in [0, 0.05) is 27.2 Å². The Kier molecular flexibility index (Phi) is 11.3. The van der Waals surface area contributed by atoms with Gasteiger partial charge in [-0.05, 0) is 35.4 Å². The summed E-state index contributed by atoms with van der Waals surface area (Å²) in [5.74, 6) is 2.04. The molecule has 2 aromatic rings. The molecule has 0 radical (unpaired) electrons. The Morgan fingerprint density at radius 3 is 2.03 bits per heavy atom. The number of guanidine groups is 1. The van der Waals surface area contributed by atoms with E-state index in [1.807, 2.05) is 12.1 Å². The number of rotatable bonds is 9. The standard InChI is InChI=1S/C21H28FN3O4.HI/c1-23-21(25-13-19(28-4)15-6-8-16(22)9-7-15)24-12-14-10-17(26-2)20(29-5)18(11-14)27-3;/h6-11,19H,12-13H2,1-5H3,(H2,23,24,25);1H. The van der Waals surface area contributed by atoms with Crippen LogP contribution >= 0.6 is 24.0 Å². The number of benzene rings is 2. The van der Waals surface area contributed by atoms with E-state index in [4.69, 9.17) is 18.9 Å². The summed E-state index contributed by atoms with van der Waals surface area (Å²) in [4.78, 5) is 4.23. The predicted molar refractivity (Wildman–Crippen MR) is 126 cm³/mol. The summed E-state index contributed by atoms with van der Waals surface area (Å²) < 4.78 is 34.7. The lowest BCUT2D eigenvalue weighted by Gasteiger charge is -2.19. The molecule has 0 heterocycles. The number of methoxy groups -OCH3 is 4. The lowest BCUT2D eigenvalue weighted by Crippen LogP contribution is -2.39. The summed E-state index contributed by atoms with van der Waals surface area (Å²) in [6.07, 6.45) is -0.240. The maximum Gasteiger partial charge on any atom is 0.203 e. The SMILES string of the molecule is CN=C(NCc1cc(OC)c(OC)c(OC)c1)NCC(OC)c1ccc(F)cc1.I. The van der Waals surface area contributed by atoms with Crippen molar-refractivity contribution in [1.82, 2.24) is 10.6 Å². The molecule has 0 amide bonds. The molecule has 9 heteroatoms. The van der Waals surface area contributed by atoms with Crippen LogP contribution in [0.15, 0.2) is 41.4 Å². The normalized spacial score (nSPS) is 11.9. The Morgan fingerprint density at radius 1 is 0.967 bits per heavy atom. The quantitative estimate of drug-likeness (QED) is 0.292. The van der Waals surface area contributed by atoms with E-state index >= 15 is 0 Å². The largest absolute Gasteiger partial charge is 0.493 e. The van der Waals surface area contributed by atoms with Crippen LogP contribution in [0.2, 0.25) is 0 Å². The zero-order valence-electron chi connectivity index (χ0n) is 17.8. The third-order valence-corrected chi connectivity index (χ3v) is 4.39. The molecule has 166 valence electrons. The van der Waals surface area contributed by atoms with Crippen molar-refractivity contribution in [3.8, 4) is 17.2 Å². The minimum absolute atomic E-state index is 0. The van der Waals surface area contributed by atoms with E-state index in [0.29, 0.717) is 36.3 Å². The van der Waals surface area contributed by atoms with Gasteiger partial charge in [-0.1, -0.05) is 12.1 Å². The van der Waals surface area contributed by atoms with E-state index in [0.717, 1.165) is 11.1 Å². The average molecular weight is 533 g/mol. The fourth-order valence-corrected chi connectivity index (χ4v) is 2.85. The van der Waals surface area contributed by atoms with E-state index in [9.17, 15) is 4.39 Å². The fraction of sp³-hybridized carbons (Fsp3) is 0.381. The van der Waals surface area contributed by atoms with Crippen molar-refractivity contribution in [3.63, 3.8) is 0 Å². The molecule has 0 saturated carbocycles. The Balaban J connectivity index is 0.00000450. The van der Waals surface area contributed by atoms with E-state index in [2.05, 4.69) is 15.6 Å². The van der Waals surface area contributed by atoms with Gasteiger partial charge in [0.05, 0.1) is 27.4 Å². The molecule has 1 atom stereocenters. The van der Waals surface area contributed by atoms with Crippen LogP contribution in [0.5, 0.6) is 17.2 Å². The number of ether oxygens (including phenoxy) is 4. The number of nitrogens with zero attached hydrogens (tertiary/aromatic N) is 1. The Hall–Kier alpha value is -2.27. The smallest absolute Gasteiger partial charge is 0.203 e. The van der Waals surface area contributed by atoms with Gasteiger partial charge in [-0.15, -0.1) is 24.0 Å². The molecule has 0 aliphatic carbocycles. The average Bonchev–Trinajstić information content (AvgIpc) is 2.76. The van der Waals surface area contributed by atoms with E-state index in [-0.39, 0.29) is 35.9 Å². The van der Waals surface area contributed by atoms with Gasteiger partial charge in [-0.2, -0.15) is 0 Å². The number of aliphatic imine (C=N–C) groups is 1. The number of hydrogen-bond donors (Lipinski definition) is 2. The summed E-state index contributed by atoms with van der Waals surface area (Å²) in [5, 5.41) is 6.45. The Bertz CT molecular complexity index is 793. The first-order chi connectivity index (χ1) is 14.1. The summed E-state index contributed by atoms with van der Waals surface area (Å²) >= 11 is 0. The van der Waals surface area contributed by atoms with Gasteiger partial charge in [-0.25, -0.2) is 4.39 Å². The van der Waals surface area contributed by atoms with E-state index in [1.54, 1.807) is 47.6 Å². The lowest BCUT2D eigenvalue weighted by atomic mass is 10.1. The van der Waals surface area contributed by atoms with E-state index in [1.165, 1.54) is 12.1 Å². The zero-order chi connectivity index (χ0) is 21.2. The van der Waals surface area contributed by atoms with Crippen LogP contribution in [0, 0.1) is 5.82 Å². The second kappa shape index (κ2) is 13.1. The molecule has 2 aromatic carbocycles. The molecule has 2 N–H and O–H groups in total. The molecular weight excluding hydrogens is 504 g/mol. The minimum Gasteiger partial charge on any atom is -0.493 e. The highest BCUT2D eigenvalue weighted by Crippen LogP contribution is 2.38. The molecule has 2 rings (SSSR count). The first kappa shape index (κ1) is 25.8. The van der Waals surface area contributed by atoms with Gasteiger partial charge in [-0.3, -0.25) is 4.99 Å². The third-order valence-electron chi connectivity index (χ3n) is 4.39. The molecule has 30 heavy (non-hydrogen) atoms. The molecule has 1 unspecified atom stereocenters. The van der Waals surface area contributed by atoms with Crippen molar-refractivity contribution in [2.45, 2.75) is 12.6 Å². The van der Waals surface area contributed by atoms with Gasteiger partial charge < -0.3 is 29.6 Å². The van der Waals surface area contributed by atoms with Crippen LogP contribution in [-0.4, -0.2) is 48.0 Å². The first-order valence-electron chi connectivity index (χ1n) is 9.07. The number of halogens is 2. The van der Waals surface area contributed by atoms with Crippen LogP contribution in [0.25, 0.3) is 0 Å². The zero-order valence-corrected chi connectivity index (χ0v) is 20.2. The van der Waals surface area contributed by atoms with Crippen LogP contribution in [0.4, 0.5) is 4.39 Å². The van der Waals surface area contributed by atoms with Crippen LogP contribution in [0.3, 0.4) is 0 Å². The van der Waals surface area contributed by atoms with Crippen molar-refractivity contribution in [2.75, 3.05) is 42.0 Å². The molecule has 7 nitrogen and oxygen atoms in total. The van der Waals surface area contributed by atoms with Gasteiger partial charge in [0.2, 0.25) is 5.75 Å². The van der Waals surface area contributed by atoms with Crippen molar-refractivity contribution < 1.29 is 23.3 Å². The Morgan fingerprint density at radius 2 is 1.57 bits per heavy atom. The van der Waals surface area contributed by atoms with Gasteiger partial charge >= 0.3 is 0 Å². The van der Waals surface area contributed by atoms with Crippen LogP contribution in [0.1, 0.15) is 17.2 Å². The summed E-state index contributed by atoms with van der Waals surface area (Å²) in [7, 11) is 8.02. The van der Waals surface area contributed by atoms with Gasteiger partial charge in [0.1, 0.15) is 5.82 Å². The van der Waals surface area contributed by atoms with Crippen molar-refractivity contribution in [2.24, 2.45) is 4.99 Å². The second-order valence-corrected chi connectivity index (χ2v) is 6.12. The summed E-state index contributed by atoms with van der Waals surface area (Å²) in [6.45, 7) is 0.960. The highest BCUT2D eigenvalue weighted by atomic mass is 127. The van der Waals surface area contributed by atoms with Crippen molar-refractivity contribution >= 4 is 29.9 Å².